The molecular weight excluding hydrogens is 389 g/mol. The Morgan fingerprint density at radius 2 is 2.10 bits per heavy atom. The molecule has 4 N–H and O–H groups in total. The molecule has 0 amide bonds. The van der Waals surface area contributed by atoms with Gasteiger partial charge in [-0.1, -0.05) is 22.6 Å². The van der Waals surface area contributed by atoms with Gasteiger partial charge in [-0.15, -0.1) is 0 Å². The van der Waals surface area contributed by atoms with Gasteiger partial charge in [0.05, 0.1) is 19.3 Å². The van der Waals surface area contributed by atoms with Crippen molar-refractivity contribution in [2.75, 3.05) is 17.6 Å². The number of aliphatic hydroxyl groups is 3. The van der Waals surface area contributed by atoms with Gasteiger partial charge in [0.15, 0.2) is 6.29 Å². The minimum Gasteiger partial charge on any atom is -0.392 e. The van der Waals surface area contributed by atoms with Crippen molar-refractivity contribution in [2.45, 2.75) is 63.9 Å². The van der Waals surface area contributed by atoms with Crippen molar-refractivity contribution in [1.29, 1.82) is 0 Å². The third-order valence-corrected chi connectivity index (χ3v) is 4.45. The molecule has 0 spiro atoms. The molecule has 6 nitrogen and oxygen atoms in total. The van der Waals surface area contributed by atoms with Crippen LogP contribution in [-0.2, 0) is 9.47 Å². The lowest BCUT2D eigenvalue weighted by Crippen LogP contribution is -2.45. The molecule has 3 unspecified atom stereocenters. The summed E-state index contributed by atoms with van der Waals surface area (Å²) in [6, 6.07) is -0.352. The first-order chi connectivity index (χ1) is 10.0. The Bertz CT molecular complexity index is 268. The zero-order valence-electron chi connectivity index (χ0n) is 12.6. The summed E-state index contributed by atoms with van der Waals surface area (Å²) >= 11 is 2.33. The van der Waals surface area contributed by atoms with Gasteiger partial charge in [-0.05, 0) is 44.9 Å². The van der Waals surface area contributed by atoms with Crippen LogP contribution in [0.2, 0.25) is 0 Å². The van der Waals surface area contributed by atoms with Crippen molar-refractivity contribution >= 4 is 22.6 Å². The summed E-state index contributed by atoms with van der Waals surface area (Å²) < 4.78 is 12.6. The lowest BCUT2D eigenvalue weighted by atomic mass is 9.93. The van der Waals surface area contributed by atoms with Crippen LogP contribution in [0.3, 0.4) is 0 Å². The van der Waals surface area contributed by atoms with Gasteiger partial charge >= 0.3 is 0 Å². The zero-order chi connectivity index (χ0) is 15.7. The van der Waals surface area contributed by atoms with Crippen LogP contribution in [0.15, 0.2) is 0 Å². The van der Waals surface area contributed by atoms with Crippen LogP contribution < -0.4 is 5.32 Å². The van der Waals surface area contributed by atoms with E-state index < -0.39 is 12.5 Å². The molecule has 0 bridgehead atoms. The monoisotopic (exact) mass is 417 g/mol. The lowest BCUT2D eigenvalue weighted by Gasteiger charge is -2.26. The zero-order valence-corrected chi connectivity index (χ0v) is 14.7. The first kappa shape index (κ1) is 19.5. The summed E-state index contributed by atoms with van der Waals surface area (Å²) in [6.07, 6.45) is 2.22. The molecule has 7 heteroatoms. The van der Waals surface area contributed by atoms with Gasteiger partial charge in [0.2, 0.25) is 6.41 Å². The molecule has 1 aliphatic rings. The molecule has 4 atom stereocenters. The minimum absolute atomic E-state index is 0.126. The van der Waals surface area contributed by atoms with Gasteiger partial charge in [0.25, 0.3) is 0 Å². The lowest BCUT2D eigenvalue weighted by molar-refractivity contribution is -0.146. The van der Waals surface area contributed by atoms with E-state index in [4.69, 9.17) is 19.7 Å². The van der Waals surface area contributed by atoms with Crippen LogP contribution in [0.25, 0.3) is 0 Å². The average Bonchev–Trinajstić information content (AvgIpc) is 2.63. The number of rotatable bonds is 9. The fourth-order valence-corrected chi connectivity index (χ4v) is 2.84. The highest BCUT2D eigenvalue weighted by molar-refractivity contribution is 14.1. The van der Waals surface area contributed by atoms with E-state index in [1.165, 1.54) is 0 Å². The van der Waals surface area contributed by atoms with Gasteiger partial charge in [-0.25, -0.2) is 0 Å². The van der Waals surface area contributed by atoms with Gasteiger partial charge in [-0.3, -0.25) is 5.32 Å². The second-order valence-electron chi connectivity index (χ2n) is 5.60. The second-order valence-corrected chi connectivity index (χ2v) is 6.68. The Balaban J connectivity index is 2.35. The Kier molecular flexibility index (Phi) is 10.3. The number of halogens is 1. The van der Waals surface area contributed by atoms with E-state index in [2.05, 4.69) is 27.9 Å². The fraction of sp³-hybridized carbons (Fsp3) is 1.00. The van der Waals surface area contributed by atoms with Crippen LogP contribution in [0.5, 0.6) is 0 Å². The summed E-state index contributed by atoms with van der Waals surface area (Å²) in [4.78, 5) is 0. The van der Waals surface area contributed by atoms with Gasteiger partial charge < -0.3 is 24.8 Å². The van der Waals surface area contributed by atoms with E-state index >= 15 is 0 Å². The molecule has 0 aromatic heterocycles. The minimum atomic E-state index is -1.61. The first-order valence-electron chi connectivity index (χ1n) is 7.62. The molecule has 21 heavy (non-hydrogen) atoms. The summed E-state index contributed by atoms with van der Waals surface area (Å²) in [5, 5.41) is 30.3. The average molecular weight is 417 g/mol. The fourth-order valence-electron chi connectivity index (χ4n) is 2.52. The largest absolute Gasteiger partial charge is 0.392 e. The number of aliphatic hydroxyl groups excluding tert-OH is 2. The predicted molar refractivity (Wildman–Crippen MR) is 88.0 cm³/mol. The summed E-state index contributed by atoms with van der Waals surface area (Å²) in [5.74, 6) is 0.286. The molecule has 1 aliphatic heterocycles. The van der Waals surface area contributed by atoms with Crippen LogP contribution in [0.4, 0.5) is 0 Å². The second kappa shape index (κ2) is 11.1. The number of hydrogen-bond acceptors (Lipinski definition) is 6. The molecule has 0 aromatic rings. The van der Waals surface area contributed by atoms with Crippen LogP contribution in [0.1, 0.15) is 39.0 Å². The standard InChI is InChI=1S/C14H28INO5/c1-10(17)12(16-14(18)19)8-11-4-2-5-13(21-9-11)20-7-3-6-15/h10-14,16-19H,2-9H2,1H3/t10?,11?,12-,13?/m0/s1. The van der Waals surface area contributed by atoms with Crippen molar-refractivity contribution in [3.8, 4) is 0 Å². The quantitative estimate of drug-likeness (QED) is 0.194. The molecule has 1 fully saturated rings. The van der Waals surface area contributed by atoms with Crippen molar-refractivity contribution in [1.82, 2.24) is 5.32 Å². The van der Waals surface area contributed by atoms with Crippen molar-refractivity contribution in [3.63, 3.8) is 0 Å². The Morgan fingerprint density at radius 3 is 2.71 bits per heavy atom. The summed E-state index contributed by atoms with van der Waals surface area (Å²) in [7, 11) is 0. The third kappa shape index (κ3) is 8.63. The maximum atomic E-state index is 9.71. The van der Waals surface area contributed by atoms with Crippen molar-refractivity contribution in [3.05, 3.63) is 0 Å². The van der Waals surface area contributed by atoms with Crippen LogP contribution in [0, 0.1) is 5.92 Å². The van der Waals surface area contributed by atoms with Crippen LogP contribution >= 0.6 is 22.6 Å². The normalized spacial score (nSPS) is 26.6. The molecular formula is C14H28INO5. The molecule has 0 aliphatic carbocycles. The SMILES string of the molecule is CC(O)[C@H](CC1CCCC(OCCCI)OC1)NC(O)O. The topological polar surface area (TPSA) is 91.2 Å². The van der Waals surface area contributed by atoms with Crippen molar-refractivity contribution in [2.24, 2.45) is 5.92 Å². The van der Waals surface area contributed by atoms with Gasteiger partial charge in [0, 0.05) is 10.5 Å². The molecule has 0 aromatic carbocycles. The number of ether oxygens (including phenoxy) is 2. The van der Waals surface area contributed by atoms with E-state index in [-0.39, 0.29) is 18.2 Å². The summed E-state index contributed by atoms with van der Waals surface area (Å²) in [6.45, 7) is 2.96. The smallest absolute Gasteiger partial charge is 0.211 e. The number of alkyl halides is 1. The molecule has 1 rings (SSSR count). The molecule has 0 saturated carbocycles. The molecule has 126 valence electrons. The Labute approximate surface area is 140 Å². The van der Waals surface area contributed by atoms with E-state index in [0.717, 1.165) is 36.7 Å². The Hall–Kier alpha value is 0.490. The number of nitrogens with one attached hydrogen (secondary N) is 1. The van der Waals surface area contributed by atoms with E-state index in [0.29, 0.717) is 13.0 Å². The highest BCUT2D eigenvalue weighted by atomic mass is 127. The van der Waals surface area contributed by atoms with E-state index in [9.17, 15) is 5.11 Å². The van der Waals surface area contributed by atoms with Gasteiger partial charge in [-0.2, -0.15) is 0 Å². The van der Waals surface area contributed by atoms with Crippen LogP contribution in [-0.4, -0.2) is 57.8 Å². The Morgan fingerprint density at radius 1 is 1.33 bits per heavy atom. The first-order valence-corrected chi connectivity index (χ1v) is 9.15. The highest BCUT2D eigenvalue weighted by Crippen LogP contribution is 2.23. The molecule has 0 radical (unpaired) electrons. The molecule has 1 heterocycles. The predicted octanol–water partition coefficient (Wildman–Crippen LogP) is 0.968. The molecule has 1 saturated heterocycles. The summed E-state index contributed by atoms with van der Waals surface area (Å²) in [5.41, 5.74) is 0. The van der Waals surface area contributed by atoms with Gasteiger partial charge in [0.1, 0.15) is 0 Å². The number of hydrogen-bond donors (Lipinski definition) is 4. The van der Waals surface area contributed by atoms with E-state index in [1.54, 1.807) is 6.92 Å². The van der Waals surface area contributed by atoms with E-state index in [1.807, 2.05) is 0 Å². The third-order valence-electron chi connectivity index (χ3n) is 3.68. The maximum absolute atomic E-state index is 9.71. The van der Waals surface area contributed by atoms with Crippen molar-refractivity contribution < 1.29 is 24.8 Å². The highest BCUT2D eigenvalue weighted by Gasteiger charge is 2.25. The maximum Gasteiger partial charge on any atom is 0.211 e.